The normalized spacial score (nSPS) is 16.9. The number of morpholine rings is 1. The minimum Gasteiger partial charge on any atom is -0.378 e. The summed E-state index contributed by atoms with van der Waals surface area (Å²) in [6.45, 7) is 5.20. The van der Waals surface area contributed by atoms with Gasteiger partial charge in [-0.2, -0.15) is 0 Å². The number of anilines is 3. The van der Waals surface area contributed by atoms with Crippen LogP contribution in [0.5, 0.6) is 0 Å². The topological polar surface area (TPSA) is 70.6 Å². The quantitative estimate of drug-likeness (QED) is 0.603. The third-order valence-corrected chi connectivity index (χ3v) is 6.69. The van der Waals surface area contributed by atoms with E-state index in [1.54, 1.807) is 6.07 Å². The van der Waals surface area contributed by atoms with Gasteiger partial charge in [0.2, 0.25) is 0 Å². The second-order valence-corrected chi connectivity index (χ2v) is 9.00. The highest BCUT2D eigenvalue weighted by Gasteiger charge is 2.21. The number of piperidine rings is 1. The summed E-state index contributed by atoms with van der Waals surface area (Å²) in [5, 5.41) is 11.5. The molecule has 0 radical (unpaired) electrons. The number of nitrogens with one attached hydrogen (secondary N) is 1. The largest absolute Gasteiger partial charge is 0.378 e. The molecule has 5 rings (SSSR count). The molecule has 2 saturated heterocycles. The molecule has 0 spiro atoms. The van der Waals surface area contributed by atoms with Crippen LogP contribution in [0.2, 0.25) is 0 Å². The molecule has 2 aliphatic heterocycles. The molecule has 3 heterocycles. The molecule has 2 aromatic carbocycles. The lowest BCUT2D eigenvalue weighted by atomic mass is 9.90. The van der Waals surface area contributed by atoms with Gasteiger partial charge in [0, 0.05) is 37.6 Å². The maximum absolute atomic E-state index is 12.7. The molecule has 176 valence electrons. The van der Waals surface area contributed by atoms with Gasteiger partial charge in [-0.05, 0) is 67.1 Å². The Balaban J connectivity index is 1.12. The van der Waals surface area contributed by atoms with Crippen LogP contribution in [0.1, 0.15) is 28.9 Å². The smallest absolute Gasteiger partial charge is 0.276 e. The van der Waals surface area contributed by atoms with Crippen LogP contribution in [0.3, 0.4) is 0 Å². The van der Waals surface area contributed by atoms with Crippen LogP contribution >= 0.6 is 0 Å². The zero-order valence-electron chi connectivity index (χ0n) is 19.4. The van der Waals surface area contributed by atoms with Crippen LogP contribution in [0.4, 0.5) is 17.2 Å². The van der Waals surface area contributed by atoms with Crippen LogP contribution < -0.4 is 15.1 Å². The predicted molar refractivity (Wildman–Crippen MR) is 135 cm³/mol. The zero-order valence-corrected chi connectivity index (χ0v) is 19.4. The number of ether oxygens (including phenoxy) is 1. The maximum atomic E-state index is 12.7. The number of nitrogens with zero attached hydrogens (tertiary/aromatic N) is 4. The molecule has 0 saturated carbocycles. The number of rotatable bonds is 6. The summed E-state index contributed by atoms with van der Waals surface area (Å²) in [5.41, 5.74) is 3.61. The number of hydrogen-bond donors (Lipinski definition) is 1. The van der Waals surface area contributed by atoms with Crippen molar-refractivity contribution in [2.45, 2.75) is 19.3 Å². The van der Waals surface area contributed by atoms with E-state index in [4.69, 9.17) is 4.74 Å². The highest BCUT2D eigenvalue weighted by atomic mass is 16.5. The third-order valence-electron chi connectivity index (χ3n) is 6.69. The third kappa shape index (κ3) is 5.54. The van der Waals surface area contributed by atoms with E-state index in [1.807, 2.05) is 30.3 Å². The Kier molecular flexibility index (Phi) is 7.00. The van der Waals surface area contributed by atoms with E-state index in [0.717, 1.165) is 75.8 Å². The van der Waals surface area contributed by atoms with Crippen LogP contribution in [0, 0.1) is 5.92 Å². The maximum Gasteiger partial charge on any atom is 0.276 e. The summed E-state index contributed by atoms with van der Waals surface area (Å²) in [6, 6.07) is 22.3. The number of amides is 1. The van der Waals surface area contributed by atoms with Gasteiger partial charge in [0.1, 0.15) is 0 Å². The number of hydrogen-bond acceptors (Lipinski definition) is 6. The van der Waals surface area contributed by atoms with E-state index in [1.165, 1.54) is 5.56 Å². The molecule has 1 amide bonds. The molecule has 0 aliphatic carbocycles. The average molecular weight is 458 g/mol. The van der Waals surface area contributed by atoms with E-state index >= 15 is 0 Å². The van der Waals surface area contributed by atoms with Gasteiger partial charge in [-0.1, -0.05) is 30.3 Å². The molecule has 0 atom stereocenters. The van der Waals surface area contributed by atoms with E-state index in [9.17, 15) is 4.79 Å². The molecule has 7 nitrogen and oxygen atoms in total. The molecule has 1 N–H and O–H groups in total. The van der Waals surface area contributed by atoms with Gasteiger partial charge in [-0.15, -0.1) is 10.2 Å². The molecule has 2 fully saturated rings. The van der Waals surface area contributed by atoms with Crippen LogP contribution in [-0.2, 0) is 11.2 Å². The highest BCUT2D eigenvalue weighted by molar-refractivity contribution is 6.02. The summed E-state index contributed by atoms with van der Waals surface area (Å²) in [4.78, 5) is 17.2. The van der Waals surface area contributed by atoms with Gasteiger partial charge in [0.15, 0.2) is 11.5 Å². The van der Waals surface area contributed by atoms with Gasteiger partial charge in [0.05, 0.1) is 13.2 Å². The van der Waals surface area contributed by atoms with Crippen molar-refractivity contribution in [1.29, 1.82) is 0 Å². The first-order valence-corrected chi connectivity index (χ1v) is 12.1. The molecule has 0 bridgehead atoms. The Hall–Kier alpha value is -3.45. The SMILES string of the molecule is O=C(Nc1ccc(N2CCOCC2)cc1)c1ccc(N2CCC(Cc3ccccc3)CC2)nn1. The first-order valence-electron chi connectivity index (χ1n) is 12.1. The first kappa shape index (κ1) is 22.3. The lowest BCUT2D eigenvalue weighted by Crippen LogP contribution is -2.36. The Morgan fingerprint density at radius 1 is 0.853 bits per heavy atom. The summed E-state index contributed by atoms with van der Waals surface area (Å²) in [7, 11) is 0. The zero-order chi connectivity index (χ0) is 23.2. The molecule has 7 heteroatoms. The van der Waals surface area contributed by atoms with E-state index in [0.29, 0.717) is 11.6 Å². The molecule has 34 heavy (non-hydrogen) atoms. The van der Waals surface area contributed by atoms with Crippen molar-refractivity contribution in [3.05, 3.63) is 78.0 Å². The number of carbonyl (C=O) groups is 1. The lowest BCUT2D eigenvalue weighted by Gasteiger charge is -2.32. The minimum absolute atomic E-state index is 0.250. The number of aromatic nitrogens is 2. The molecule has 0 unspecified atom stereocenters. The van der Waals surface area contributed by atoms with E-state index in [-0.39, 0.29) is 5.91 Å². The van der Waals surface area contributed by atoms with Crippen LogP contribution in [0.25, 0.3) is 0 Å². The fourth-order valence-corrected chi connectivity index (χ4v) is 4.70. The van der Waals surface area contributed by atoms with Gasteiger partial charge in [-0.3, -0.25) is 4.79 Å². The summed E-state index contributed by atoms with van der Waals surface area (Å²) < 4.78 is 5.41. The Morgan fingerprint density at radius 2 is 1.59 bits per heavy atom. The summed E-state index contributed by atoms with van der Waals surface area (Å²) >= 11 is 0. The van der Waals surface area contributed by atoms with Crippen molar-refractivity contribution in [2.24, 2.45) is 5.92 Å². The molecular weight excluding hydrogens is 426 g/mol. The number of carbonyl (C=O) groups excluding carboxylic acids is 1. The average Bonchev–Trinajstić information content (AvgIpc) is 2.91. The van der Waals surface area contributed by atoms with Crippen LogP contribution in [-0.4, -0.2) is 55.5 Å². The van der Waals surface area contributed by atoms with Gasteiger partial charge < -0.3 is 19.9 Å². The van der Waals surface area contributed by atoms with Crippen molar-refractivity contribution >= 4 is 23.1 Å². The van der Waals surface area contributed by atoms with Gasteiger partial charge >= 0.3 is 0 Å². The van der Waals surface area contributed by atoms with Crippen LogP contribution in [0.15, 0.2) is 66.7 Å². The second kappa shape index (κ2) is 10.7. The van der Waals surface area contributed by atoms with Crippen molar-refractivity contribution in [2.75, 3.05) is 54.5 Å². The standard InChI is InChI=1S/C27H31N5O2/c33-27(28-23-6-8-24(9-7-23)31-16-18-34-19-17-31)25-10-11-26(30-29-25)32-14-12-22(13-15-32)20-21-4-2-1-3-5-21/h1-11,22H,12-20H2,(H,28,33). The Bertz CT molecular complexity index is 1060. The minimum atomic E-state index is -0.250. The molecule has 1 aromatic heterocycles. The predicted octanol–water partition coefficient (Wildman–Crippen LogP) is 4.02. The fourth-order valence-electron chi connectivity index (χ4n) is 4.70. The summed E-state index contributed by atoms with van der Waals surface area (Å²) in [6.07, 6.45) is 3.41. The monoisotopic (exact) mass is 457 g/mol. The lowest BCUT2D eigenvalue weighted by molar-refractivity contribution is 0.102. The second-order valence-electron chi connectivity index (χ2n) is 9.00. The summed E-state index contributed by atoms with van der Waals surface area (Å²) in [5.74, 6) is 1.29. The van der Waals surface area contributed by atoms with Crippen molar-refractivity contribution < 1.29 is 9.53 Å². The fraction of sp³-hybridized carbons (Fsp3) is 0.370. The highest BCUT2D eigenvalue weighted by Crippen LogP contribution is 2.25. The Morgan fingerprint density at radius 3 is 2.26 bits per heavy atom. The molecular formula is C27H31N5O2. The van der Waals surface area contributed by atoms with Crippen molar-refractivity contribution in [3.8, 4) is 0 Å². The molecule has 3 aromatic rings. The Labute approximate surface area is 200 Å². The molecule has 2 aliphatic rings. The van der Waals surface area contributed by atoms with Crippen molar-refractivity contribution in [1.82, 2.24) is 10.2 Å². The van der Waals surface area contributed by atoms with E-state index < -0.39 is 0 Å². The van der Waals surface area contributed by atoms with E-state index in [2.05, 4.69) is 55.6 Å². The van der Waals surface area contributed by atoms with Gasteiger partial charge in [-0.25, -0.2) is 0 Å². The van der Waals surface area contributed by atoms with Crippen molar-refractivity contribution in [3.63, 3.8) is 0 Å². The number of benzene rings is 2. The van der Waals surface area contributed by atoms with Gasteiger partial charge in [0.25, 0.3) is 5.91 Å². The first-order chi connectivity index (χ1) is 16.7.